The van der Waals surface area contributed by atoms with Crippen LogP contribution in [0.5, 0.6) is 0 Å². The SMILES string of the molecule is CCCNC(COC)CS(=O)c1ccc(Cl)c(Cl)c1. The van der Waals surface area contributed by atoms with E-state index in [2.05, 4.69) is 12.2 Å². The third-order valence-electron chi connectivity index (χ3n) is 2.56. The van der Waals surface area contributed by atoms with E-state index >= 15 is 0 Å². The zero-order valence-electron chi connectivity index (χ0n) is 11.1. The first-order valence-corrected chi connectivity index (χ1v) is 8.21. The summed E-state index contributed by atoms with van der Waals surface area (Å²) >= 11 is 11.8. The van der Waals surface area contributed by atoms with Crippen molar-refractivity contribution in [1.82, 2.24) is 5.32 Å². The fourth-order valence-electron chi connectivity index (χ4n) is 1.61. The minimum Gasteiger partial charge on any atom is -0.383 e. The highest BCUT2D eigenvalue weighted by molar-refractivity contribution is 7.85. The van der Waals surface area contributed by atoms with Gasteiger partial charge in [-0.05, 0) is 31.2 Å². The predicted molar refractivity (Wildman–Crippen MR) is 81.7 cm³/mol. The Balaban J connectivity index is 2.66. The molecular weight excluding hydrogens is 305 g/mol. The van der Waals surface area contributed by atoms with Crippen molar-refractivity contribution in [3.63, 3.8) is 0 Å². The third kappa shape index (κ3) is 5.79. The maximum atomic E-state index is 12.3. The summed E-state index contributed by atoms with van der Waals surface area (Å²) in [6, 6.07) is 5.14. The third-order valence-corrected chi connectivity index (χ3v) is 4.78. The Labute approximate surface area is 127 Å². The molecule has 0 amide bonds. The van der Waals surface area contributed by atoms with Gasteiger partial charge >= 0.3 is 0 Å². The second-order valence-corrected chi connectivity index (χ2v) is 6.50. The smallest absolute Gasteiger partial charge is 0.0624 e. The fraction of sp³-hybridized carbons (Fsp3) is 0.538. The molecule has 0 heterocycles. The highest BCUT2D eigenvalue weighted by atomic mass is 35.5. The van der Waals surface area contributed by atoms with Gasteiger partial charge in [-0.2, -0.15) is 0 Å². The first kappa shape index (κ1) is 16.9. The van der Waals surface area contributed by atoms with Crippen molar-refractivity contribution in [3.8, 4) is 0 Å². The molecule has 0 saturated carbocycles. The van der Waals surface area contributed by atoms with Crippen molar-refractivity contribution < 1.29 is 8.95 Å². The summed E-state index contributed by atoms with van der Waals surface area (Å²) in [6.45, 7) is 3.51. The minimum atomic E-state index is -1.12. The standard InChI is InChI=1S/C13H19Cl2NO2S/c1-3-6-16-10(8-18-2)9-19(17)11-4-5-12(14)13(15)7-11/h4-5,7,10,16H,3,6,8-9H2,1-2H3. The Kier molecular flexibility index (Phi) is 7.95. The van der Waals surface area contributed by atoms with E-state index in [1.165, 1.54) is 0 Å². The fourth-order valence-corrected chi connectivity index (χ4v) is 3.22. The van der Waals surface area contributed by atoms with Crippen LogP contribution < -0.4 is 5.32 Å². The van der Waals surface area contributed by atoms with Crippen LogP contribution in [-0.2, 0) is 15.5 Å². The number of nitrogens with one attached hydrogen (secondary N) is 1. The average Bonchev–Trinajstić information content (AvgIpc) is 2.39. The lowest BCUT2D eigenvalue weighted by atomic mass is 10.3. The summed E-state index contributed by atoms with van der Waals surface area (Å²) in [5.41, 5.74) is 0. The highest BCUT2D eigenvalue weighted by Gasteiger charge is 2.14. The molecule has 1 rings (SSSR count). The molecule has 0 saturated heterocycles. The molecule has 0 aliphatic carbocycles. The Bertz CT molecular complexity index is 429. The molecule has 3 nitrogen and oxygen atoms in total. The number of halogens is 2. The zero-order valence-corrected chi connectivity index (χ0v) is 13.4. The Morgan fingerprint density at radius 3 is 2.68 bits per heavy atom. The summed E-state index contributed by atoms with van der Waals surface area (Å²) in [7, 11) is 0.519. The van der Waals surface area contributed by atoms with Gasteiger partial charge in [0.15, 0.2) is 0 Å². The van der Waals surface area contributed by atoms with E-state index < -0.39 is 10.8 Å². The largest absolute Gasteiger partial charge is 0.383 e. The summed E-state index contributed by atoms with van der Waals surface area (Å²) in [5, 5.41) is 4.22. The van der Waals surface area contributed by atoms with E-state index in [1.807, 2.05) is 0 Å². The van der Waals surface area contributed by atoms with Crippen molar-refractivity contribution in [2.24, 2.45) is 0 Å². The van der Waals surface area contributed by atoms with Gasteiger partial charge in [0.05, 0.1) is 27.5 Å². The second kappa shape index (κ2) is 8.93. The van der Waals surface area contributed by atoms with Gasteiger partial charge in [0.1, 0.15) is 0 Å². The van der Waals surface area contributed by atoms with Crippen LogP contribution in [0.25, 0.3) is 0 Å². The lowest BCUT2D eigenvalue weighted by molar-refractivity contribution is 0.173. The van der Waals surface area contributed by atoms with Gasteiger partial charge in [0.25, 0.3) is 0 Å². The number of hydrogen-bond acceptors (Lipinski definition) is 3. The Morgan fingerprint density at radius 1 is 1.37 bits per heavy atom. The van der Waals surface area contributed by atoms with Crippen LogP contribution in [0, 0.1) is 0 Å². The molecule has 0 aliphatic heterocycles. The van der Waals surface area contributed by atoms with Gasteiger partial charge in [-0.15, -0.1) is 0 Å². The molecule has 6 heteroatoms. The Morgan fingerprint density at radius 2 is 2.11 bits per heavy atom. The monoisotopic (exact) mass is 323 g/mol. The van der Waals surface area contributed by atoms with Crippen LogP contribution in [-0.4, -0.2) is 36.3 Å². The summed E-state index contributed by atoms with van der Waals surface area (Å²) in [5.74, 6) is 0.492. The average molecular weight is 324 g/mol. The molecule has 0 spiro atoms. The van der Waals surface area contributed by atoms with Crippen molar-refractivity contribution >= 4 is 34.0 Å². The first-order valence-electron chi connectivity index (χ1n) is 6.14. The van der Waals surface area contributed by atoms with E-state index in [9.17, 15) is 4.21 Å². The highest BCUT2D eigenvalue weighted by Crippen LogP contribution is 2.24. The molecule has 0 aromatic heterocycles. The molecular formula is C13H19Cl2NO2S. The lowest BCUT2D eigenvalue weighted by Crippen LogP contribution is -2.38. The predicted octanol–water partition coefficient (Wildman–Crippen LogP) is 3.12. The van der Waals surface area contributed by atoms with Crippen LogP contribution in [0.1, 0.15) is 13.3 Å². The van der Waals surface area contributed by atoms with E-state index in [4.69, 9.17) is 27.9 Å². The molecule has 1 N–H and O–H groups in total. The molecule has 2 unspecified atom stereocenters. The molecule has 0 aliphatic rings. The van der Waals surface area contributed by atoms with Gasteiger partial charge in [0, 0.05) is 23.8 Å². The normalized spacial score (nSPS) is 14.3. The zero-order chi connectivity index (χ0) is 14.3. The minimum absolute atomic E-state index is 0.0697. The summed E-state index contributed by atoms with van der Waals surface area (Å²) in [4.78, 5) is 0.689. The van der Waals surface area contributed by atoms with Gasteiger partial charge < -0.3 is 10.1 Å². The van der Waals surface area contributed by atoms with Crippen molar-refractivity contribution in [2.75, 3.05) is 26.0 Å². The molecule has 0 bridgehead atoms. The molecule has 1 aromatic carbocycles. The van der Waals surface area contributed by atoms with Crippen molar-refractivity contribution in [2.45, 2.75) is 24.3 Å². The number of benzene rings is 1. The van der Waals surface area contributed by atoms with E-state index in [-0.39, 0.29) is 6.04 Å². The summed E-state index contributed by atoms with van der Waals surface area (Å²) < 4.78 is 17.4. The van der Waals surface area contributed by atoms with E-state index in [0.29, 0.717) is 27.3 Å². The van der Waals surface area contributed by atoms with Gasteiger partial charge in [-0.25, -0.2) is 0 Å². The lowest BCUT2D eigenvalue weighted by Gasteiger charge is -2.17. The van der Waals surface area contributed by atoms with Crippen LogP contribution in [0.15, 0.2) is 23.1 Å². The first-order chi connectivity index (χ1) is 9.08. The molecule has 0 radical (unpaired) electrons. The topological polar surface area (TPSA) is 38.3 Å². The maximum Gasteiger partial charge on any atom is 0.0624 e. The molecule has 108 valence electrons. The number of hydrogen-bond donors (Lipinski definition) is 1. The van der Waals surface area contributed by atoms with Crippen LogP contribution in [0.4, 0.5) is 0 Å². The molecule has 19 heavy (non-hydrogen) atoms. The Hall–Kier alpha value is -0.130. The van der Waals surface area contributed by atoms with Crippen molar-refractivity contribution in [3.05, 3.63) is 28.2 Å². The van der Waals surface area contributed by atoms with Gasteiger partial charge in [-0.1, -0.05) is 30.1 Å². The number of methoxy groups -OCH3 is 1. The molecule has 1 aromatic rings. The van der Waals surface area contributed by atoms with Crippen LogP contribution >= 0.6 is 23.2 Å². The van der Waals surface area contributed by atoms with E-state index in [0.717, 1.165) is 13.0 Å². The van der Waals surface area contributed by atoms with Gasteiger partial charge in [-0.3, -0.25) is 4.21 Å². The van der Waals surface area contributed by atoms with E-state index in [1.54, 1.807) is 25.3 Å². The van der Waals surface area contributed by atoms with Gasteiger partial charge in [0.2, 0.25) is 0 Å². The van der Waals surface area contributed by atoms with Crippen LogP contribution in [0.2, 0.25) is 10.0 Å². The molecule has 0 fully saturated rings. The second-order valence-electron chi connectivity index (χ2n) is 4.19. The summed E-state index contributed by atoms with van der Waals surface area (Å²) in [6.07, 6.45) is 1.03. The number of ether oxygens (including phenoxy) is 1. The number of rotatable bonds is 8. The van der Waals surface area contributed by atoms with Crippen molar-refractivity contribution in [1.29, 1.82) is 0 Å². The molecule has 2 atom stereocenters. The quantitative estimate of drug-likeness (QED) is 0.798. The van der Waals surface area contributed by atoms with Crippen LogP contribution in [0.3, 0.4) is 0 Å². The maximum absolute atomic E-state index is 12.3.